The van der Waals surface area contributed by atoms with Gasteiger partial charge in [-0.05, 0) is 44.6 Å². The Hall–Kier alpha value is -1.16. The number of ether oxygens (including phenoxy) is 1. The van der Waals surface area contributed by atoms with Crippen LogP contribution in [0.2, 0.25) is 0 Å². The zero-order chi connectivity index (χ0) is 26.9. The average molecular weight is 517 g/mol. The lowest BCUT2D eigenvalue weighted by Crippen LogP contribution is -2.60. The summed E-state index contributed by atoms with van der Waals surface area (Å²) in [5.41, 5.74) is 0.412. The summed E-state index contributed by atoms with van der Waals surface area (Å²) in [5.74, 6) is -0.378. The van der Waals surface area contributed by atoms with Crippen molar-refractivity contribution < 1.29 is 19.4 Å². The van der Waals surface area contributed by atoms with Gasteiger partial charge in [0.1, 0.15) is 0 Å². The number of allylic oxidation sites excluding steroid dienone is 1. The maximum atomic E-state index is 13.0. The number of ketones is 1. The number of fused-ring (bicyclic) bond motifs is 3. The van der Waals surface area contributed by atoms with Crippen molar-refractivity contribution in [3.63, 3.8) is 0 Å². The second kappa shape index (κ2) is 13.8. The first-order chi connectivity index (χ1) is 17.7. The van der Waals surface area contributed by atoms with E-state index in [1.807, 2.05) is 6.92 Å². The molecule has 0 radical (unpaired) electrons. The highest BCUT2D eigenvalue weighted by molar-refractivity contribution is 6.00. The first-order valence-corrected chi connectivity index (χ1v) is 15.8. The van der Waals surface area contributed by atoms with Gasteiger partial charge < -0.3 is 9.84 Å². The van der Waals surface area contributed by atoms with Crippen molar-refractivity contribution in [2.45, 2.75) is 162 Å². The second-order valence-corrected chi connectivity index (χ2v) is 13.3. The van der Waals surface area contributed by atoms with Crippen molar-refractivity contribution in [3.05, 3.63) is 11.1 Å². The lowest BCUT2D eigenvalue weighted by molar-refractivity contribution is -0.153. The van der Waals surface area contributed by atoms with E-state index in [-0.39, 0.29) is 28.5 Å². The van der Waals surface area contributed by atoms with Crippen LogP contribution in [-0.4, -0.2) is 29.1 Å². The smallest absolute Gasteiger partial charge is 0.305 e. The Balaban J connectivity index is 1.21. The molecular weight excluding hydrogens is 460 g/mol. The fraction of sp³-hybridized carbons (Fsp3) is 0.879. The fourth-order valence-corrected chi connectivity index (χ4v) is 7.59. The van der Waals surface area contributed by atoms with Crippen molar-refractivity contribution in [2.75, 3.05) is 6.61 Å². The third-order valence-corrected chi connectivity index (χ3v) is 10.2. The van der Waals surface area contributed by atoms with Crippen LogP contribution >= 0.6 is 0 Å². The molecule has 0 aromatic carbocycles. The van der Waals surface area contributed by atoms with Gasteiger partial charge >= 0.3 is 5.97 Å². The molecular formula is C33H56O4. The number of rotatable bonds is 18. The summed E-state index contributed by atoms with van der Waals surface area (Å²) in [6.45, 7) is 8.72. The Kier molecular flexibility index (Phi) is 11.3. The van der Waals surface area contributed by atoms with E-state index in [4.69, 9.17) is 4.74 Å². The van der Waals surface area contributed by atoms with Crippen molar-refractivity contribution in [2.24, 2.45) is 16.7 Å². The molecule has 4 nitrogen and oxygen atoms in total. The summed E-state index contributed by atoms with van der Waals surface area (Å²) in [7, 11) is 0. The maximum Gasteiger partial charge on any atom is 0.305 e. The van der Waals surface area contributed by atoms with Crippen LogP contribution in [0.1, 0.15) is 156 Å². The summed E-state index contributed by atoms with van der Waals surface area (Å²) in [6, 6.07) is 0. The standard InChI is InChI=1S/C33H56O4/c1-5-6-7-8-9-10-11-12-13-14-15-16-17-18-19-20-29(34)37-25-31(3)23-28-30(35)26(2)27-21-22-32(27,4)33(28,36)24-31/h28,36H,5-25H2,1-4H3. The molecule has 2 fully saturated rings. The second-order valence-electron chi connectivity index (χ2n) is 13.3. The molecule has 212 valence electrons. The Bertz CT molecular complexity index is 800. The quantitative estimate of drug-likeness (QED) is 0.146. The van der Waals surface area contributed by atoms with Crippen LogP contribution in [0.3, 0.4) is 0 Å². The van der Waals surface area contributed by atoms with Gasteiger partial charge in [0.15, 0.2) is 5.78 Å². The molecule has 0 aliphatic heterocycles. The SMILES string of the molecule is CCCCCCCCCCCCCCCCCC(=O)OCC1(C)CC2C(=O)C(C)=C3CCC3(C)C2(O)C1. The minimum Gasteiger partial charge on any atom is -0.465 e. The summed E-state index contributed by atoms with van der Waals surface area (Å²) in [4.78, 5) is 25.4. The summed E-state index contributed by atoms with van der Waals surface area (Å²) in [6.07, 6.45) is 23.2. The number of carbonyl (C=O) groups excluding carboxylic acids is 2. The minimum atomic E-state index is -0.993. The van der Waals surface area contributed by atoms with E-state index in [0.717, 1.165) is 36.8 Å². The molecule has 4 heteroatoms. The van der Waals surface area contributed by atoms with Gasteiger partial charge in [-0.3, -0.25) is 9.59 Å². The zero-order valence-corrected chi connectivity index (χ0v) is 24.6. The number of aliphatic hydroxyl groups is 1. The predicted octanol–water partition coefficient (Wildman–Crippen LogP) is 8.64. The molecule has 37 heavy (non-hydrogen) atoms. The number of unbranched alkanes of at least 4 members (excludes halogenated alkanes) is 14. The van der Waals surface area contributed by atoms with Crippen LogP contribution in [0.25, 0.3) is 0 Å². The molecule has 0 aromatic heterocycles. The number of Topliss-reactive ketones (excluding diaryl/α,β-unsaturated/α-hetero) is 1. The van der Waals surface area contributed by atoms with Gasteiger partial charge in [-0.15, -0.1) is 0 Å². The van der Waals surface area contributed by atoms with Gasteiger partial charge in [0.2, 0.25) is 0 Å². The molecule has 4 atom stereocenters. The van der Waals surface area contributed by atoms with Crippen LogP contribution < -0.4 is 0 Å². The van der Waals surface area contributed by atoms with Crippen molar-refractivity contribution in [1.82, 2.24) is 0 Å². The summed E-state index contributed by atoms with van der Waals surface area (Å²) >= 11 is 0. The van der Waals surface area contributed by atoms with Gasteiger partial charge in [0.25, 0.3) is 0 Å². The molecule has 0 aromatic rings. The third-order valence-electron chi connectivity index (χ3n) is 10.2. The minimum absolute atomic E-state index is 0.113. The number of hydrogen-bond acceptors (Lipinski definition) is 4. The third kappa shape index (κ3) is 7.28. The molecule has 3 aliphatic rings. The van der Waals surface area contributed by atoms with Crippen LogP contribution in [-0.2, 0) is 14.3 Å². The largest absolute Gasteiger partial charge is 0.465 e. The van der Waals surface area contributed by atoms with Gasteiger partial charge in [0.05, 0.1) is 18.1 Å². The van der Waals surface area contributed by atoms with Crippen LogP contribution in [0, 0.1) is 16.7 Å². The molecule has 0 spiro atoms. The monoisotopic (exact) mass is 516 g/mol. The van der Waals surface area contributed by atoms with E-state index < -0.39 is 5.60 Å². The Morgan fingerprint density at radius 2 is 1.41 bits per heavy atom. The molecule has 3 rings (SSSR count). The summed E-state index contributed by atoms with van der Waals surface area (Å²) < 4.78 is 5.70. The highest BCUT2D eigenvalue weighted by atomic mass is 16.5. The number of carbonyl (C=O) groups is 2. The molecule has 2 saturated carbocycles. The Morgan fingerprint density at radius 1 is 0.892 bits per heavy atom. The van der Waals surface area contributed by atoms with Gasteiger partial charge in [-0.2, -0.15) is 0 Å². The molecule has 0 heterocycles. The van der Waals surface area contributed by atoms with Gasteiger partial charge in [-0.25, -0.2) is 0 Å². The number of esters is 1. The predicted molar refractivity (Wildman–Crippen MR) is 151 cm³/mol. The Labute approximate surface area is 227 Å². The molecule has 4 unspecified atom stereocenters. The van der Waals surface area contributed by atoms with E-state index in [2.05, 4.69) is 20.8 Å². The Morgan fingerprint density at radius 3 is 1.89 bits per heavy atom. The molecule has 0 bridgehead atoms. The van der Waals surface area contributed by atoms with E-state index in [1.165, 1.54) is 83.5 Å². The highest BCUT2D eigenvalue weighted by Gasteiger charge is 2.68. The lowest BCUT2D eigenvalue weighted by atomic mass is 9.49. The van der Waals surface area contributed by atoms with Gasteiger partial charge in [0, 0.05) is 17.3 Å². The van der Waals surface area contributed by atoms with Crippen molar-refractivity contribution >= 4 is 11.8 Å². The summed E-state index contributed by atoms with van der Waals surface area (Å²) in [5, 5.41) is 11.7. The van der Waals surface area contributed by atoms with E-state index in [9.17, 15) is 14.7 Å². The van der Waals surface area contributed by atoms with E-state index in [0.29, 0.717) is 25.9 Å². The first kappa shape index (κ1) is 30.4. The normalized spacial score (nSPS) is 30.7. The average Bonchev–Trinajstić information content (AvgIpc) is 3.15. The zero-order valence-electron chi connectivity index (χ0n) is 24.6. The van der Waals surface area contributed by atoms with Crippen LogP contribution in [0.15, 0.2) is 11.1 Å². The number of hydrogen-bond donors (Lipinski definition) is 1. The van der Waals surface area contributed by atoms with Crippen LogP contribution in [0.5, 0.6) is 0 Å². The topological polar surface area (TPSA) is 63.6 Å². The molecule has 3 aliphatic carbocycles. The lowest BCUT2D eigenvalue weighted by Gasteiger charge is -2.57. The maximum absolute atomic E-state index is 13.0. The fourth-order valence-electron chi connectivity index (χ4n) is 7.59. The highest BCUT2D eigenvalue weighted by Crippen LogP contribution is 2.67. The van der Waals surface area contributed by atoms with Crippen LogP contribution in [0.4, 0.5) is 0 Å². The van der Waals surface area contributed by atoms with E-state index in [1.54, 1.807) is 0 Å². The first-order valence-electron chi connectivity index (χ1n) is 15.8. The molecule has 0 saturated heterocycles. The van der Waals surface area contributed by atoms with Crippen molar-refractivity contribution in [1.29, 1.82) is 0 Å². The molecule has 0 amide bonds. The molecule has 1 N–H and O–H groups in total. The van der Waals surface area contributed by atoms with Crippen molar-refractivity contribution in [3.8, 4) is 0 Å². The van der Waals surface area contributed by atoms with E-state index >= 15 is 0 Å². The van der Waals surface area contributed by atoms with Gasteiger partial charge in [-0.1, -0.05) is 116 Å².